The van der Waals surface area contributed by atoms with Crippen molar-refractivity contribution in [1.29, 1.82) is 0 Å². The predicted octanol–water partition coefficient (Wildman–Crippen LogP) is 2.94. The molecule has 0 radical (unpaired) electrons. The molecule has 150 valence electrons. The molecule has 3 rings (SSSR count). The fourth-order valence-corrected chi connectivity index (χ4v) is 4.36. The average molecular weight is 394 g/mol. The summed E-state index contributed by atoms with van der Waals surface area (Å²) < 4.78 is 0. The minimum absolute atomic E-state index is 0. The zero-order valence-electron chi connectivity index (χ0n) is 16.4. The summed E-state index contributed by atoms with van der Waals surface area (Å²) in [6.45, 7) is 6.83. The van der Waals surface area contributed by atoms with Crippen LogP contribution in [0, 0.1) is 11.3 Å². The van der Waals surface area contributed by atoms with Gasteiger partial charge >= 0.3 is 0 Å². The molecule has 6 heteroatoms. The van der Waals surface area contributed by atoms with E-state index in [2.05, 4.69) is 0 Å². The van der Waals surface area contributed by atoms with Gasteiger partial charge in [0.1, 0.15) is 0 Å². The molecule has 0 saturated carbocycles. The lowest BCUT2D eigenvalue weighted by Crippen LogP contribution is -2.55. The van der Waals surface area contributed by atoms with Gasteiger partial charge in [0.2, 0.25) is 5.91 Å². The number of carbonyl (C=O) groups excluding carboxylic acids is 2. The number of nitrogens with two attached hydrogens (primary N) is 1. The molecule has 3 atom stereocenters. The van der Waals surface area contributed by atoms with E-state index in [-0.39, 0.29) is 30.3 Å². The number of halogens is 1. The maximum Gasteiger partial charge on any atom is 0.253 e. The van der Waals surface area contributed by atoms with Crippen molar-refractivity contribution in [2.45, 2.75) is 45.6 Å². The zero-order chi connectivity index (χ0) is 18.7. The van der Waals surface area contributed by atoms with Gasteiger partial charge in [-0.3, -0.25) is 9.59 Å². The molecule has 2 N–H and O–H groups in total. The van der Waals surface area contributed by atoms with Crippen molar-refractivity contribution in [3.8, 4) is 0 Å². The molecule has 2 aliphatic heterocycles. The highest BCUT2D eigenvalue weighted by Gasteiger charge is 2.42. The smallest absolute Gasteiger partial charge is 0.253 e. The van der Waals surface area contributed by atoms with Crippen LogP contribution in [0.5, 0.6) is 0 Å². The number of benzene rings is 1. The van der Waals surface area contributed by atoms with Crippen LogP contribution >= 0.6 is 12.4 Å². The maximum atomic E-state index is 13.3. The number of nitrogens with zero attached hydrogens (tertiary/aromatic N) is 2. The number of carbonyl (C=O) groups is 2. The van der Waals surface area contributed by atoms with Crippen molar-refractivity contribution < 1.29 is 9.59 Å². The van der Waals surface area contributed by atoms with E-state index in [1.165, 1.54) is 0 Å². The predicted molar refractivity (Wildman–Crippen MR) is 110 cm³/mol. The summed E-state index contributed by atoms with van der Waals surface area (Å²) in [4.78, 5) is 30.0. The number of piperidine rings is 2. The van der Waals surface area contributed by atoms with Gasteiger partial charge < -0.3 is 15.5 Å². The van der Waals surface area contributed by atoms with E-state index < -0.39 is 5.41 Å². The van der Waals surface area contributed by atoms with E-state index in [4.69, 9.17) is 5.73 Å². The van der Waals surface area contributed by atoms with E-state index >= 15 is 0 Å². The molecule has 1 aromatic rings. The lowest BCUT2D eigenvalue weighted by Gasteiger charge is -2.44. The average Bonchev–Trinajstić information content (AvgIpc) is 2.67. The van der Waals surface area contributed by atoms with Gasteiger partial charge in [-0.15, -0.1) is 12.4 Å². The summed E-state index contributed by atoms with van der Waals surface area (Å²) in [5, 5.41) is 0. The minimum atomic E-state index is -0.498. The number of rotatable bonds is 3. The highest BCUT2D eigenvalue weighted by Crippen LogP contribution is 2.34. The normalized spacial score (nSPS) is 26.9. The van der Waals surface area contributed by atoms with E-state index in [1.54, 1.807) is 0 Å². The van der Waals surface area contributed by atoms with E-state index in [0.29, 0.717) is 18.0 Å². The number of amides is 2. The van der Waals surface area contributed by atoms with Gasteiger partial charge in [0, 0.05) is 37.8 Å². The van der Waals surface area contributed by atoms with Crippen LogP contribution in [0.2, 0.25) is 0 Å². The number of hydrogen-bond acceptors (Lipinski definition) is 3. The van der Waals surface area contributed by atoms with E-state index in [9.17, 15) is 9.59 Å². The molecule has 0 spiro atoms. The molecular weight excluding hydrogens is 362 g/mol. The second-order valence-corrected chi connectivity index (χ2v) is 8.27. The highest BCUT2D eigenvalue weighted by atomic mass is 35.5. The summed E-state index contributed by atoms with van der Waals surface area (Å²) in [6, 6.07) is 9.46. The quantitative estimate of drug-likeness (QED) is 0.858. The van der Waals surface area contributed by atoms with Crippen molar-refractivity contribution in [2.75, 3.05) is 26.2 Å². The number of likely N-dealkylation sites (tertiary alicyclic amines) is 2. The minimum Gasteiger partial charge on any atom is -0.342 e. The number of hydrogen-bond donors (Lipinski definition) is 1. The topological polar surface area (TPSA) is 66.6 Å². The summed E-state index contributed by atoms with van der Waals surface area (Å²) >= 11 is 0. The first-order valence-electron chi connectivity index (χ1n) is 9.80. The highest BCUT2D eigenvalue weighted by molar-refractivity contribution is 5.95. The molecular formula is C21H32ClN3O2. The molecule has 2 aliphatic rings. The lowest BCUT2D eigenvalue weighted by molar-refractivity contribution is -0.145. The van der Waals surface area contributed by atoms with Crippen LogP contribution in [0.3, 0.4) is 0 Å². The third-order valence-electron chi connectivity index (χ3n) is 6.01. The van der Waals surface area contributed by atoms with Gasteiger partial charge in [-0.2, -0.15) is 0 Å². The Balaban J connectivity index is 0.00000261. The molecule has 2 amide bonds. The first kappa shape index (κ1) is 21.7. The first-order chi connectivity index (χ1) is 12.4. The van der Waals surface area contributed by atoms with Gasteiger partial charge in [0.05, 0.1) is 5.41 Å². The Kier molecular flexibility index (Phi) is 7.29. The second-order valence-electron chi connectivity index (χ2n) is 8.27. The first-order valence-corrected chi connectivity index (χ1v) is 9.80. The molecule has 27 heavy (non-hydrogen) atoms. The van der Waals surface area contributed by atoms with Gasteiger partial charge in [0.25, 0.3) is 5.91 Å². The van der Waals surface area contributed by atoms with E-state index in [0.717, 1.165) is 45.3 Å². The lowest BCUT2D eigenvalue weighted by atomic mass is 9.79. The molecule has 0 aromatic heterocycles. The van der Waals surface area contributed by atoms with Crippen molar-refractivity contribution in [1.82, 2.24) is 9.80 Å². The van der Waals surface area contributed by atoms with Gasteiger partial charge in [0.15, 0.2) is 0 Å². The van der Waals surface area contributed by atoms with Gasteiger partial charge in [-0.05, 0) is 57.6 Å². The van der Waals surface area contributed by atoms with Crippen molar-refractivity contribution in [3.05, 3.63) is 35.9 Å². The van der Waals surface area contributed by atoms with Crippen LogP contribution in [0.15, 0.2) is 30.3 Å². The van der Waals surface area contributed by atoms with E-state index in [1.807, 2.05) is 54.0 Å². The Morgan fingerprint density at radius 2 is 1.81 bits per heavy atom. The standard InChI is InChI=1S/C21H31N3O2.ClH/c1-16(22)18-10-6-12-23(14-18)20(26)21(2)11-7-13-24(15-21)19(25)17-8-4-3-5-9-17;/h3-5,8-9,16,18H,6-7,10-15,22H2,1-2H3;1H. The molecule has 2 heterocycles. The van der Waals surface area contributed by atoms with Crippen molar-refractivity contribution in [2.24, 2.45) is 17.1 Å². The third-order valence-corrected chi connectivity index (χ3v) is 6.01. The Morgan fingerprint density at radius 3 is 2.48 bits per heavy atom. The summed E-state index contributed by atoms with van der Waals surface area (Å²) in [6.07, 6.45) is 3.81. The zero-order valence-corrected chi connectivity index (χ0v) is 17.2. The third kappa shape index (κ3) is 4.82. The SMILES string of the molecule is CC(N)C1CCCN(C(=O)C2(C)CCCN(C(=O)c3ccccc3)C2)C1.Cl. The Morgan fingerprint density at radius 1 is 1.15 bits per heavy atom. The van der Waals surface area contributed by atoms with Crippen LogP contribution in [0.1, 0.15) is 49.9 Å². The monoisotopic (exact) mass is 393 g/mol. The van der Waals surface area contributed by atoms with Gasteiger partial charge in [-0.1, -0.05) is 18.2 Å². The fourth-order valence-electron chi connectivity index (χ4n) is 4.36. The maximum absolute atomic E-state index is 13.3. The summed E-state index contributed by atoms with van der Waals surface area (Å²) in [5.41, 5.74) is 6.27. The van der Waals surface area contributed by atoms with Crippen LogP contribution in [-0.2, 0) is 4.79 Å². The fraction of sp³-hybridized carbons (Fsp3) is 0.619. The second kappa shape index (κ2) is 9.07. The molecule has 3 unspecified atom stereocenters. The summed E-state index contributed by atoms with van der Waals surface area (Å²) in [7, 11) is 0. The molecule has 5 nitrogen and oxygen atoms in total. The van der Waals surface area contributed by atoms with Crippen LogP contribution in [-0.4, -0.2) is 53.8 Å². The molecule has 0 aliphatic carbocycles. The molecule has 1 aromatic carbocycles. The van der Waals surface area contributed by atoms with Crippen molar-refractivity contribution in [3.63, 3.8) is 0 Å². The van der Waals surface area contributed by atoms with Crippen LogP contribution in [0.4, 0.5) is 0 Å². The Bertz CT molecular complexity index is 652. The summed E-state index contributed by atoms with van der Waals surface area (Å²) in [5.74, 6) is 0.590. The van der Waals surface area contributed by atoms with Crippen LogP contribution in [0.25, 0.3) is 0 Å². The molecule has 2 saturated heterocycles. The van der Waals surface area contributed by atoms with Gasteiger partial charge in [-0.25, -0.2) is 0 Å². The van der Waals surface area contributed by atoms with Crippen molar-refractivity contribution >= 4 is 24.2 Å². The Labute approximate surface area is 168 Å². The van der Waals surface area contributed by atoms with Crippen LogP contribution < -0.4 is 5.73 Å². The molecule has 2 fully saturated rings. The largest absolute Gasteiger partial charge is 0.342 e. The Hall–Kier alpha value is -1.59. The molecule has 0 bridgehead atoms.